The van der Waals surface area contributed by atoms with Crippen molar-refractivity contribution in [3.05, 3.63) is 34.9 Å². The van der Waals surface area contributed by atoms with Crippen LogP contribution in [0.15, 0.2) is 18.2 Å². The van der Waals surface area contributed by atoms with Crippen LogP contribution in [0.3, 0.4) is 0 Å². The van der Waals surface area contributed by atoms with E-state index < -0.39 is 5.60 Å². The van der Waals surface area contributed by atoms with Crippen molar-refractivity contribution in [2.24, 2.45) is 11.8 Å². The Hall–Kier alpha value is -2.08. The van der Waals surface area contributed by atoms with E-state index in [9.17, 15) is 9.59 Å². The third-order valence-electron chi connectivity index (χ3n) is 6.03. The monoisotopic (exact) mass is 359 g/mol. The standard InChI is InChI=1S/C20H29N3O3/c1-12-16-11-13-6-7-14(17(24)22-21)10-15(13)20(12,5)8-9-23(16)18(25)26-19(2,3)4/h6-7,10,12,16H,8-9,11,21H2,1-5H3,(H,22,24). The molecule has 1 aliphatic heterocycles. The summed E-state index contributed by atoms with van der Waals surface area (Å²) in [6.07, 6.45) is 1.37. The van der Waals surface area contributed by atoms with Gasteiger partial charge in [-0.25, -0.2) is 10.6 Å². The molecule has 3 atom stereocenters. The maximum absolute atomic E-state index is 12.7. The first-order chi connectivity index (χ1) is 12.1. The first-order valence-electron chi connectivity index (χ1n) is 9.21. The van der Waals surface area contributed by atoms with Gasteiger partial charge >= 0.3 is 6.09 Å². The van der Waals surface area contributed by atoms with E-state index in [1.807, 2.05) is 37.8 Å². The van der Waals surface area contributed by atoms with Crippen molar-refractivity contribution in [2.75, 3.05) is 6.54 Å². The van der Waals surface area contributed by atoms with Gasteiger partial charge in [0.05, 0.1) is 0 Å². The van der Waals surface area contributed by atoms with E-state index in [0.717, 1.165) is 12.8 Å². The molecule has 3 N–H and O–H groups in total. The van der Waals surface area contributed by atoms with Crippen LogP contribution in [-0.4, -0.2) is 35.1 Å². The van der Waals surface area contributed by atoms with E-state index in [1.54, 1.807) is 6.07 Å². The number of amides is 2. The highest BCUT2D eigenvalue weighted by molar-refractivity contribution is 5.94. The summed E-state index contributed by atoms with van der Waals surface area (Å²) in [5.74, 6) is 5.28. The number of hydrogen-bond donors (Lipinski definition) is 2. The maximum Gasteiger partial charge on any atom is 0.410 e. The number of carbonyl (C=O) groups is 2. The highest BCUT2D eigenvalue weighted by atomic mass is 16.6. The number of ether oxygens (including phenoxy) is 1. The number of nitrogen functional groups attached to an aromatic ring is 1. The molecule has 1 aromatic rings. The van der Waals surface area contributed by atoms with Crippen LogP contribution in [0.25, 0.3) is 0 Å². The smallest absolute Gasteiger partial charge is 0.410 e. The van der Waals surface area contributed by atoms with Crippen LogP contribution in [0.4, 0.5) is 4.79 Å². The second-order valence-electron chi connectivity index (χ2n) is 8.75. The third kappa shape index (κ3) is 3.07. The molecule has 1 fully saturated rings. The Morgan fingerprint density at radius 3 is 2.65 bits per heavy atom. The van der Waals surface area contributed by atoms with Crippen LogP contribution in [0.1, 0.15) is 62.5 Å². The molecule has 6 nitrogen and oxygen atoms in total. The lowest BCUT2D eigenvalue weighted by Gasteiger charge is -2.54. The predicted molar refractivity (Wildman–Crippen MR) is 99.7 cm³/mol. The number of nitrogens with zero attached hydrogens (tertiary/aromatic N) is 1. The van der Waals surface area contributed by atoms with Gasteiger partial charge in [0.25, 0.3) is 5.91 Å². The zero-order valence-corrected chi connectivity index (χ0v) is 16.3. The number of nitrogens with two attached hydrogens (primary N) is 1. The first kappa shape index (κ1) is 18.7. The molecule has 0 spiro atoms. The molecule has 3 rings (SSSR count). The van der Waals surface area contributed by atoms with Crippen molar-refractivity contribution in [3.63, 3.8) is 0 Å². The predicted octanol–water partition coefficient (Wildman–Crippen LogP) is 2.75. The molecule has 0 saturated carbocycles. The van der Waals surface area contributed by atoms with Gasteiger partial charge in [-0.05, 0) is 68.2 Å². The summed E-state index contributed by atoms with van der Waals surface area (Å²) in [5.41, 5.74) is 4.59. The average Bonchev–Trinajstić information content (AvgIpc) is 2.55. The second-order valence-corrected chi connectivity index (χ2v) is 8.75. The molecule has 1 heterocycles. The van der Waals surface area contributed by atoms with Crippen LogP contribution < -0.4 is 11.3 Å². The van der Waals surface area contributed by atoms with E-state index in [1.165, 1.54) is 11.1 Å². The fourth-order valence-corrected chi connectivity index (χ4v) is 4.39. The summed E-state index contributed by atoms with van der Waals surface area (Å²) >= 11 is 0. The number of carbonyl (C=O) groups excluding carboxylic acids is 2. The molecule has 0 radical (unpaired) electrons. The van der Waals surface area contributed by atoms with Gasteiger partial charge in [0.15, 0.2) is 0 Å². The van der Waals surface area contributed by atoms with Crippen molar-refractivity contribution in [1.82, 2.24) is 10.3 Å². The summed E-state index contributed by atoms with van der Waals surface area (Å²) in [4.78, 5) is 26.5. The number of nitrogens with one attached hydrogen (secondary N) is 1. The number of rotatable bonds is 1. The topological polar surface area (TPSA) is 84.7 Å². The highest BCUT2D eigenvalue weighted by Crippen LogP contribution is 2.49. The SMILES string of the molecule is CC1C2Cc3ccc(C(=O)NN)cc3C1(C)CCN2C(=O)OC(C)(C)C. The lowest BCUT2D eigenvalue weighted by Crippen LogP contribution is -2.60. The molecule has 1 saturated heterocycles. The largest absolute Gasteiger partial charge is 0.444 e. The van der Waals surface area contributed by atoms with Gasteiger partial charge in [0.1, 0.15) is 5.60 Å². The zero-order valence-electron chi connectivity index (χ0n) is 16.3. The molecular formula is C20H29N3O3. The molecule has 2 aliphatic rings. The van der Waals surface area contributed by atoms with Gasteiger partial charge in [-0.15, -0.1) is 0 Å². The second kappa shape index (κ2) is 6.27. The number of hydrazine groups is 1. The number of hydrogen-bond acceptors (Lipinski definition) is 4. The minimum Gasteiger partial charge on any atom is -0.444 e. The van der Waals surface area contributed by atoms with E-state index in [2.05, 4.69) is 19.3 Å². The molecule has 2 amide bonds. The Balaban J connectivity index is 1.95. The fraction of sp³-hybridized carbons (Fsp3) is 0.600. The molecule has 142 valence electrons. The van der Waals surface area contributed by atoms with Crippen molar-refractivity contribution >= 4 is 12.0 Å². The van der Waals surface area contributed by atoms with E-state index in [-0.39, 0.29) is 29.4 Å². The lowest BCUT2D eigenvalue weighted by molar-refractivity contribution is -0.0164. The van der Waals surface area contributed by atoms with Crippen LogP contribution in [0.2, 0.25) is 0 Å². The average molecular weight is 359 g/mol. The highest BCUT2D eigenvalue weighted by Gasteiger charge is 2.50. The minimum absolute atomic E-state index is 0.0817. The van der Waals surface area contributed by atoms with Crippen LogP contribution >= 0.6 is 0 Å². The van der Waals surface area contributed by atoms with Gasteiger partial charge in [-0.2, -0.15) is 0 Å². The maximum atomic E-state index is 12.7. The molecule has 2 bridgehead atoms. The number of fused-ring (bicyclic) bond motifs is 4. The third-order valence-corrected chi connectivity index (χ3v) is 6.03. The normalized spacial score (nSPS) is 27.5. The van der Waals surface area contributed by atoms with Crippen molar-refractivity contribution in [2.45, 2.75) is 64.5 Å². The van der Waals surface area contributed by atoms with Crippen molar-refractivity contribution in [1.29, 1.82) is 0 Å². The summed E-state index contributed by atoms with van der Waals surface area (Å²) < 4.78 is 5.62. The Morgan fingerprint density at radius 2 is 2.04 bits per heavy atom. The summed E-state index contributed by atoms with van der Waals surface area (Å²) in [6, 6.07) is 5.86. The molecule has 0 aromatic heterocycles. The summed E-state index contributed by atoms with van der Waals surface area (Å²) in [6.45, 7) is 10.8. The molecular weight excluding hydrogens is 330 g/mol. The van der Waals surface area contributed by atoms with Crippen LogP contribution in [0.5, 0.6) is 0 Å². The first-order valence-corrected chi connectivity index (χ1v) is 9.21. The fourth-order valence-electron chi connectivity index (χ4n) is 4.39. The Bertz CT molecular complexity index is 740. The Morgan fingerprint density at radius 1 is 1.35 bits per heavy atom. The number of likely N-dealkylation sites (tertiary alicyclic amines) is 1. The van der Waals surface area contributed by atoms with E-state index in [0.29, 0.717) is 12.1 Å². The number of benzene rings is 1. The Labute approximate surface area is 155 Å². The van der Waals surface area contributed by atoms with Gasteiger partial charge in [0, 0.05) is 18.2 Å². The molecule has 6 heteroatoms. The lowest BCUT2D eigenvalue weighted by atomic mass is 9.59. The molecule has 1 aliphatic carbocycles. The van der Waals surface area contributed by atoms with Crippen molar-refractivity contribution in [3.8, 4) is 0 Å². The number of piperidine rings is 1. The van der Waals surface area contributed by atoms with Crippen LogP contribution in [0, 0.1) is 5.92 Å². The molecule has 3 unspecified atom stereocenters. The quantitative estimate of drug-likeness (QED) is 0.459. The summed E-state index contributed by atoms with van der Waals surface area (Å²) in [7, 11) is 0. The van der Waals surface area contributed by atoms with Gasteiger partial charge in [-0.3, -0.25) is 10.2 Å². The molecule has 26 heavy (non-hydrogen) atoms. The van der Waals surface area contributed by atoms with Gasteiger partial charge < -0.3 is 9.64 Å². The van der Waals surface area contributed by atoms with Crippen molar-refractivity contribution < 1.29 is 14.3 Å². The van der Waals surface area contributed by atoms with E-state index >= 15 is 0 Å². The van der Waals surface area contributed by atoms with Crippen LogP contribution in [-0.2, 0) is 16.6 Å². The molecule has 1 aromatic carbocycles. The summed E-state index contributed by atoms with van der Waals surface area (Å²) in [5, 5.41) is 0. The van der Waals surface area contributed by atoms with E-state index in [4.69, 9.17) is 10.6 Å². The minimum atomic E-state index is -0.502. The Kier molecular flexibility index (Phi) is 4.51. The van der Waals surface area contributed by atoms with Gasteiger partial charge in [0.2, 0.25) is 0 Å². The van der Waals surface area contributed by atoms with Gasteiger partial charge in [-0.1, -0.05) is 19.9 Å². The zero-order chi connectivity index (χ0) is 19.3.